The molecule has 2 aromatic carbocycles. The van der Waals surface area contributed by atoms with E-state index in [0.29, 0.717) is 33.8 Å². The molecule has 1 heterocycles. The fraction of sp³-hybridized carbons (Fsp3) is 0.190. The molecular weight excluding hydrogens is 390 g/mol. The summed E-state index contributed by atoms with van der Waals surface area (Å²) in [5.74, 6) is 1.46. The molecule has 0 saturated carbocycles. The average molecular weight is 411 g/mol. The highest BCUT2D eigenvalue weighted by molar-refractivity contribution is 7.98. The second kappa shape index (κ2) is 9.79. The van der Waals surface area contributed by atoms with Gasteiger partial charge in [-0.25, -0.2) is 4.98 Å². The fourth-order valence-corrected chi connectivity index (χ4v) is 3.49. The number of carbonyl (C=O) groups excluding carboxylic acids is 1. The van der Waals surface area contributed by atoms with Crippen LogP contribution in [-0.4, -0.2) is 30.1 Å². The van der Waals surface area contributed by atoms with E-state index in [0.717, 1.165) is 5.56 Å². The van der Waals surface area contributed by atoms with Gasteiger partial charge in [0, 0.05) is 17.9 Å². The van der Waals surface area contributed by atoms with Crippen LogP contribution in [0, 0.1) is 0 Å². The Labute approximate surface area is 172 Å². The van der Waals surface area contributed by atoms with Crippen molar-refractivity contribution in [2.24, 2.45) is 0 Å². The Bertz CT molecular complexity index is 1040. The summed E-state index contributed by atoms with van der Waals surface area (Å²) in [5, 5.41) is 3.25. The maximum absolute atomic E-state index is 12.5. The highest BCUT2D eigenvalue weighted by Crippen LogP contribution is 2.29. The number of aromatic nitrogens is 2. The van der Waals surface area contributed by atoms with E-state index in [1.165, 1.54) is 24.9 Å². The Balaban J connectivity index is 1.69. The molecule has 0 fully saturated rings. The van der Waals surface area contributed by atoms with Crippen molar-refractivity contribution in [3.8, 4) is 11.5 Å². The lowest BCUT2D eigenvalue weighted by Crippen LogP contribution is -2.18. The van der Waals surface area contributed by atoms with Crippen LogP contribution in [0.1, 0.15) is 11.3 Å². The predicted molar refractivity (Wildman–Crippen MR) is 113 cm³/mol. The van der Waals surface area contributed by atoms with Gasteiger partial charge in [-0.05, 0) is 17.7 Å². The first-order chi connectivity index (χ1) is 14.1. The first-order valence-corrected chi connectivity index (χ1v) is 9.85. The number of nitrogens with one attached hydrogen (secondary N) is 2. The Morgan fingerprint density at radius 2 is 1.90 bits per heavy atom. The zero-order valence-corrected chi connectivity index (χ0v) is 16.9. The third-order valence-electron chi connectivity index (χ3n) is 4.01. The Morgan fingerprint density at radius 1 is 1.10 bits per heavy atom. The number of hydrogen-bond acceptors (Lipinski definition) is 6. The molecule has 0 bridgehead atoms. The first-order valence-electron chi connectivity index (χ1n) is 8.86. The number of benzene rings is 2. The van der Waals surface area contributed by atoms with Gasteiger partial charge in [-0.15, -0.1) is 0 Å². The molecule has 2 N–H and O–H groups in total. The average Bonchev–Trinajstić information content (AvgIpc) is 2.72. The molecule has 7 nitrogen and oxygen atoms in total. The van der Waals surface area contributed by atoms with E-state index in [1.54, 1.807) is 25.3 Å². The number of nitrogens with zero attached hydrogens (tertiary/aromatic N) is 1. The van der Waals surface area contributed by atoms with Gasteiger partial charge in [0.1, 0.15) is 11.5 Å². The van der Waals surface area contributed by atoms with E-state index in [2.05, 4.69) is 15.3 Å². The fourth-order valence-electron chi connectivity index (χ4n) is 2.64. The van der Waals surface area contributed by atoms with Crippen LogP contribution in [0.5, 0.6) is 11.5 Å². The Kier molecular flexibility index (Phi) is 6.91. The van der Waals surface area contributed by atoms with Crippen molar-refractivity contribution < 1.29 is 14.3 Å². The Morgan fingerprint density at radius 3 is 2.62 bits per heavy atom. The van der Waals surface area contributed by atoms with Crippen molar-refractivity contribution in [2.45, 2.75) is 17.3 Å². The minimum Gasteiger partial charge on any atom is -0.497 e. The standard InChI is InChI=1S/C21H21N3O4S/c1-27-16-8-9-18(28-2)17(12-16)23-19(25)10-15-11-20(26)24-21(22-15)29-13-14-6-4-3-5-7-14/h3-9,11-12H,10,13H2,1-2H3,(H,23,25)(H,22,24,26). The van der Waals surface area contributed by atoms with Crippen molar-refractivity contribution in [3.05, 3.63) is 76.2 Å². The highest BCUT2D eigenvalue weighted by Gasteiger charge is 2.12. The SMILES string of the molecule is COc1ccc(OC)c(NC(=O)Cc2cc(=O)[nH]c(SCc3ccccc3)n2)c1. The van der Waals surface area contributed by atoms with Crippen molar-refractivity contribution in [1.29, 1.82) is 0 Å². The van der Waals surface area contributed by atoms with Gasteiger partial charge in [-0.1, -0.05) is 42.1 Å². The van der Waals surface area contributed by atoms with Gasteiger partial charge in [-0.3, -0.25) is 9.59 Å². The molecule has 0 aliphatic heterocycles. The molecule has 8 heteroatoms. The largest absolute Gasteiger partial charge is 0.497 e. The molecule has 1 amide bonds. The van der Waals surface area contributed by atoms with E-state index >= 15 is 0 Å². The smallest absolute Gasteiger partial charge is 0.251 e. The topological polar surface area (TPSA) is 93.3 Å². The lowest BCUT2D eigenvalue weighted by atomic mass is 10.2. The molecule has 0 aliphatic rings. The molecule has 0 unspecified atom stereocenters. The quantitative estimate of drug-likeness (QED) is 0.437. The molecule has 0 radical (unpaired) electrons. The number of ether oxygens (including phenoxy) is 2. The van der Waals surface area contributed by atoms with Gasteiger partial charge in [0.2, 0.25) is 5.91 Å². The maximum atomic E-state index is 12.5. The number of anilines is 1. The first kappa shape index (κ1) is 20.5. The summed E-state index contributed by atoms with van der Waals surface area (Å²) in [4.78, 5) is 31.6. The number of H-pyrrole nitrogens is 1. The number of amides is 1. The second-order valence-electron chi connectivity index (χ2n) is 6.11. The third-order valence-corrected chi connectivity index (χ3v) is 4.96. The third kappa shape index (κ3) is 5.86. The van der Waals surface area contributed by atoms with Gasteiger partial charge in [-0.2, -0.15) is 0 Å². The van der Waals surface area contributed by atoms with Gasteiger partial charge < -0.3 is 19.8 Å². The normalized spacial score (nSPS) is 10.4. The minimum absolute atomic E-state index is 0.0385. The van der Waals surface area contributed by atoms with E-state index in [1.807, 2.05) is 30.3 Å². The van der Waals surface area contributed by atoms with Gasteiger partial charge in [0.05, 0.1) is 32.0 Å². The van der Waals surface area contributed by atoms with Crippen LogP contribution in [0.2, 0.25) is 0 Å². The molecular formula is C21H21N3O4S. The lowest BCUT2D eigenvalue weighted by Gasteiger charge is -2.11. The summed E-state index contributed by atoms with van der Waals surface area (Å²) in [5.41, 5.74) is 1.70. The van der Waals surface area contributed by atoms with Crippen molar-refractivity contribution in [3.63, 3.8) is 0 Å². The number of methoxy groups -OCH3 is 2. The van der Waals surface area contributed by atoms with Crippen LogP contribution in [0.3, 0.4) is 0 Å². The van der Waals surface area contributed by atoms with Crippen molar-refractivity contribution in [2.75, 3.05) is 19.5 Å². The predicted octanol–water partition coefficient (Wildman–Crippen LogP) is 3.26. The number of aromatic amines is 1. The molecule has 0 spiro atoms. The summed E-state index contributed by atoms with van der Waals surface area (Å²) < 4.78 is 10.4. The molecule has 0 atom stereocenters. The van der Waals surface area contributed by atoms with Crippen LogP contribution in [0.15, 0.2) is 64.5 Å². The van der Waals surface area contributed by atoms with Crippen molar-refractivity contribution in [1.82, 2.24) is 9.97 Å². The molecule has 0 saturated heterocycles. The van der Waals surface area contributed by atoms with E-state index in [4.69, 9.17) is 9.47 Å². The van der Waals surface area contributed by atoms with Gasteiger partial charge >= 0.3 is 0 Å². The van der Waals surface area contributed by atoms with Gasteiger partial charge in [0.15, 0.2) is 5.16 Å². The molecule has 29 heavy (non-hydrogen) atoms. The zero-order chi connectivity index (χ0) is 20.6. The molecule has 150 valence electrons. The van der Waals surface area contributed by atoms with Crippen LogP contribution in [0.4, 0.5) is 5.69 Å². The summed E-state index contributed by atoms with van der Waals surface area (Å²) in [6.45, 7) is 0. The second-order valence-corrected chi connectivity index (χ2v) is 7.07. The van der Waals surface area contributed by atoms with E-state index in [9.17, 15) is 9.59 Å². The summed E-state index contributed by atoms with van der Waals surface area (Å²) >= 11 is 1.41. The number of carbonyl (C=O) groups is 1. The summed E-state index contributed by atoms with van der Waals surface area (Å²) in [7, 11) is 3.06. The zero-order valence-electron chi connectivity index (χ0n) is 16.1. The maximum Gasteiger partial charge on any atom is 0.251 e. The Hall–Kier alpha value is -3.26. The van der Waals surface area contributed by atoms with Crippen LogP contribution in [0.25, 0.3) is 0 Å². The molecule has 3 aromatic rings. The lowest BCUT2D eigenvalue weighted by molar-refractivity contribution is -0.115. The minimum atomic E-state index is -0.311. The highest BCUT2D eigenvalue weighted by atomic mass is 32.2. The summed E-state index contributed by atoms with van der Waals surface area (Å²) in [6.07, 6.45) is -0.0385. The number of hydrogen-bond donors (Lipinski definition) is 2. The van der Waals surface area contributed by atoms with Crippen molar-refractivity contribution >= 4 is 23.4 Å². The number of thioether (sulfide) groups is 1. The summed E-state index contributed by atoms with van der Waals surface area (Å²) in [6, 6.07) is 16.3. The molecule has 1 aromatic heterocycles. The molecule has 0 aliphatic carbocycles. The van der Waals surface area contributed by atoms with E-state index < -0.39 is 0 Å². The van der Waals surface area contributed by atoms with Crippen LogP contribution < -0.4 is 20.3 Å². The van der Waals surface area contributed by atoms with Crippen LogP contribution >= 0.6 is 11.8 Å². The van der Waals surface area contributed by atoms with E-state index in [-0.39, 0.29) is 17.9 Å². The molecule has 3 rings (SSSR count). The van der Waals surface area contributed by atoms with Gasteiger partial charge in [0.25, 0.3) is 5.56 Å². The number of rotatable bonds is 8. The van der Waals surface area contributed by atoms with Crippen LogP contribution in [-0.2, 0) is 17.0 Å². The monoisotopic (exact) mass is 411 g/mol.